The Hall–Kier alpha value is -1.42. The van der Waals surface area contributed by atoms with E-state index < -0.39 is 5.95 Å². The first-order chi connectivity index (χ1) is 7.18. The molecule has 4 heteroatoms. The van der Waals surface area contributed by atoms with Crippen LogP contribution in [0.1, 0.15) is 6.92 Å². The predicted octanol–water partition coefficient (Wildman–Crippen LogP) is 2.23. The molecule has 0 spiro atoms. The van der Waals surface area contributed by atoms with Crippen molar-refractivity contribution in [3.05, 3.63) is 36.3 Å². The van der Waals surface area contributed by atoms with E-state index in [-0.39, 0.29) is 0 Å². The maximum Gasteiger partial charge on any atom is 0.214 e. The molecule has 0 bridgehead atoms. The fourth-order valence-electron chi connectivity index (χ4n) is 1.00. The van der Waals surface area contributed by atoms with Gasteiger partial charge in [-0.05, 0) is 19.1 Å². The van der Waals surface area contributed by atoms with E-state index in [1.807, 2.05) is 6.92 Å². The minimum Gasteiger partial charge on any atom is -0.375 e. The van der Waals surface area contributed by atoms with Crippen LogP contribution < -0.4 is 5.32 Å². The monoisotopic (exact) mass is 210 g/mol. The van der Waals surface area contributed by atoms with Gasteiger partial charge in [-0.2, -0.15) is 4.39 Å². The second-order valence-electron chi connectivity index (χ2n) is 3.28. The minimum absolute atomic E-state index is 0.483. The largest absolute Gasteiger partial charge is 0.375 e. The van der Waals surface area contributed by atoms with E-state index in [4.69, 9.17) is 4.74 Å². The summed E-state index contributed by atoms with van der Waals surface area (Å²) < 4.78 is 17.9. The van der Waals surface area contributed by atoms with Crippen molar-refractivity contribution in [2.45, 2.75) is 6.92 Å². The van der Waals surface area contributed by atoms with Gasteiger partial charge in [0.15, 0.2) is 0 Å². The molecule has 1 aromatic heterocycles. The number of rotatable bonds is 6. The lowest BCUT2D eigenvalue weighted by Crippen LogP contribution is -2.11. The standard InChI is InChI=1S/C11H15FN2O/c1-9(2)8-15-7-6-13-11-5-3-4-10(12)14-11/h3-5H,1,6-8H2,2H3,(H,13,14). The van der Waals surface area contributed by atoms with Gasteiger partial charge in [0, 0.05) is 6.54 Å². The highest BCUT2D eigenvalue weighted by atomic mass is 19.1. The SMILES string of the molecule is C=C(C)COCCNc1cccc(F)n1. The maximum atomic E-state index is 12.7. The molecule has 0 saturated heterocycles. The van der Waals surface area contributed by atoms with E-state index in [2.05, 4.69) is 16.9 Å². The van der Waals surface area contributed by atoms with Crippen LogP contribution in [0.3, 0.4) is 0 Å². The molecular formula is C11H15FN2O. The van der Waals surface area contributed by atoms with E-state index in [1.165, 1.54) is 6.07 Å². The number of ether oxygens (including phenoxy) is 1. The van der Waals surface area contributed by atoms with Crippen LogP contribution in [0.4, 0.5) is 10.2 Å². The van der Waals surface area contributed by atoms with Crippen molar-refractivity contribution in [1.29, 1.82) is 0 Å². The summed E-state index contributed by atoms with van der Waals surface area (Å²) in [7, 11) is 0. The number of nitrogens with zero attached hydrogens (tertiary/aromatic N) is 1. The maximum absolute atomic E-state index is 12.7. The van der Waals surface area contributed by atoms with Gasteiger partial charge >= 0.3 is 0 Å². The number of nitrogens with one attached hydrogen (secondary N) is 1. The van der Waals surface area contributed by atoms with Crippen LogP contribution in [0.15, 0.2) is 30.4 Å². The molecule has 0 amide bonds. The van der Waals surface area contributed by atoms with Crippen molar-refractivity contribution < 1.29 is 9.13 Å². The number of hydrogen-bond acceptors (Lipinski definition) is 3. The van der Waals surface area contributed by atoms with Crippen LogP contribution in [0, 0.1) is 5.95 Å². The lowest BCUT2D eigenvalue weighted by atomic mass is 10.4. The quantitative estimate of drug-likeness (QED) is 0.444. The molecule has 0 fully saturated rings. The molecule has 0 atom stereocenters. The molecule has 1 aromatic rings. The van der Waals surface area contributed by atoms with E-state index in [1.54, 1.807) is 12.1 Å². The van der Waals surface area contributed by atoms with Crippen molar-refractivity contribution >= 4 is 5.82 Å². The Morgan fingerprint density at radius 2 is 2.40 bits per heavy atom. The van der Waals surface area contributed by atoms with Gasteiger partial charge in [-0.25, -0.2) is 4.98 Å². The van der Waals surface area contributed by atoms with Crippen molar-refractivity contribution in [3.8, 4) is 0 Å². The first-order valence-corrected chi connectivity index (χ1v) is 4.77. The molecule has 0 aliphatic carbocycles. The van der Waals surface area contributed by atoms with Gasteiger partial charge in [0.2, 0.25) is 5.95 Å². The molecule has 15 heavy (non-hydrogen) atoms. The number of aromatic nitrogens is 1. The Labute approximate surface area is 89.0 Å². The zero-order valence-electron chi connectivity index (χ0n) is 8.79. The Morgan fingerprint density at radius 1 is 1.60 bits per heavy atom. The molecule has 0 saturated carbocycles. The van der Waals surface area contributed by atoms with Crippen LogP contribution in [0.25, 0.3) is 0 Å². The summed E-state index contributed by atoms with van der Waals surface area (Å²) in [4.78, 5) is 3.66. The summed E-state index contributed by atoms with van der Waals surface area (Å²) in [5.41, 5.74) is 0.985. The molecule has 82 valence electrons. The smallest absolute Gasteiger partial charge is 0.214 e. The molecule has 0 aliphatic heterocycles. The van der Waals surface area contributed by atoms with Gasteiger partial charge in [-0.3, -0.25) is 0 Å². The van der Waals surface area contributed by atoms with E-state index in [0.29, 0.717) is 25.6 Å². The molecule has 0 radical (unpaired) electrons. The highest BCUT2D eigenvalue weighted by molar-refractivity contribution is 5.33. The highest BCUT2D eigenvalue weighted by Gasteiger charge is 1.95. The molecule has 0 unspecified atom stereocenters. The summed E-state index contributed by atoms with van der Waals surface area (Å²) >= 11 is 0. The third-order valence-corrected chi connectivity index (χ3v) is 1.62. The lowest BCUT2D eigenvalue weighted by molar-refractivity contribution is 0.167. The first kappa shape index (κ1) is 11.7. The third kappa shape index (κ3) is 5.12. The second-order valence-corrected chi connectivity index (χ2v) is 3.28. The summed E-state index contributed by atoms with van der Waals surface area (Å²) in [6.45, 7) is 7.32. The van der Waals surface area contributed by atoms with Crippen LogP contribution in [-0.2, 0) is 4.74 Å². The lowest BCUT2D eigenvalue weighted by Gasteiger charge is -2.06. The van der Waals surface area contributed by atoms with Crippen LogP contribution in [0.2, 0.25) is 0 Å². The summed E-state index contributed by atoms with van der Waals surface area (Å²) in [5.74, 6) is 0.0387. The average molecular weight is 210 g/mol. The molecule has 1 N–H and O–H groups in total. The van der Waals surface area contributed by atoms with Crippen molar-refractivity contribution in [2.24, 2.45) is 0 Å². The fourth-order valence-corrected chi connectivity index (χ4v) is 1.00. The molecule has 0 aromatic carbocycles. The van der Waals surface area contributed by atoms with Gasteiger partial charge in [-0.1, -0.05) is 18.2 Å². The van der Waals surface area contributed by atoms with Crippen molar-refractivity contribution in [3.63, 3.8) is 0 Å². The molecule has 0 aliphatic rings. The third-order valence-electron chi connectivity index (χ3n) is 1.62. The van der Waals surface area contributed by atoms with Crippen LogP contribution in [0.5, 0.6) is 0 Å². The molecular weight excluding hydrogens is 195 g/mol. The predicted molar refractivity (Wildman–Crippen MR) is 58.3 cm³/mol. The Balaban J connectivity index is 2.17. The van der Waals surface area contributed by atoms with E-state index >= 15 is 0 Å². The zero-order valence-corrected chi connectivity index (χ0v) is 8.79. The first-order valence-electron chi connectivity index (χ1n) is 4.77. The van der Waals surface area contributed by atoms with Gasteiger partial charge < -0.3 is 10.1 Å². The molecule has 1 heterocycles. The van der Waals surface area contributed by atoms with Gasteiger partial charge in [0.25, 0.3) is 0 Å². The Morgan fingerprint density at radius 3 is 3.07 bits per heavy atom. The van der Waals surface area contributed by atoms with Crippen molar-refractivity contribution in [2.75, 3.05) is 25.1 Å². The molecule has 3 nitrogen and oxygen atoms in total. The fraction of sp³-hybridized carbons (Fsp3) is 0.364. The number of anilines is 1. The Kier molecular flexibility index (Phi) is 4.77. The van der Waals surface area contributed by atoms with Gasteiger partial charge in [0.1, 0.15) is 5.82 Å². The topological polar surface area (TPSA) is 34.1 Å². The average Bonchev–Trinajstić information content (AvgIpc) is 2.17. The van der Waals surface area contributed by atoms with Gasteiger partial charge in [0.05, 0.1) is 13.2 Å². The van der Waals surface area contributed by atoms with E-state index in [0.717, 1.165) is 5.57 Å². The summed E-state index contributed by atoms with van der Waals surface area (Å²) in [6, 6.07) is 4.63. The molecule has 1 rings (SSSR count). The van der Waals surface area contributed by atoms with Crippen molar-refractivity contribution in [1.82, 2.24) is 4.98 Å². The van der Waals surface area contributed by atoms with Gasteiger partial charge in [-0.15, -0.1) is 0 Å². The number of halogens is 1. The Bertz CT molecular complexity index is 328. The summed E-state index contributed by atoms with van der Waals surface area (Å²) in [5, 5.41) is 2.95. The zero-order chi connectivity index (χ0) is 11.1. The minimum atomic E-state index is -0.483. The number of pyridine rings is 1. The number of hydrogen-bond donors (Lipinski definition) is 1. The normalized spacial score (nSPS) is 10.0. The second kappa shape index (κ2) is 6.14. The van der Waals surface area contributed by atoms with Crippen LogP contribution >= 0.6 is 0 Å². The summed E-state index contributed by atoms with van der Waals surface area (Å²) in [6.07, 6.45) is 0. The van der Waals surface area contributed by atoms with Crippen LogP contribution in [-0.4, -0.2) is 24.7 Å². The highest BCUT2D eigenvalue weighted by Crippen LogP contribution is 2.02. The van der Waals surface area contributed by atoms with E-state index in [9.17, 15) is 4.39 Å².